The van der Waals surface area contributed by atoms with Crippen LogP contribution in [0.5, 0.6) is 0 Å². The van der Waals surface area contributed by atoms with E-state index >= 15 is 0 Å². The number of carbonyl (C=O) groups is 1. The molecular weight excluding hydrogens is 186 g/mol. The average Bonchev–Trinajstić information content (AvgIpc) is 2.50. The van der Waals surface area contributed by atoms with Gasteiger partial charge in [0.05, 0.1) is 12.2 Å². The highest BCUT2D eigenvalue weighted by Crippen LogP contribution is 2.11. The maximum Gasteiger partial charge on any atom is 0.268 e. The van der Waals surface area contributed by atoms with E-state index in [0.717, 1.165) is 11.5 Å². The minimum Gasteiger partial charge on any atom is -0.330 e. The van der Waals surface area contributed by atoms with E-state index in [1.165, 1.54) is 4.90 Å². The Labute approximate surface area is 80.7 Å². The van der Waals surface area contributed by atoms with Crippen LogP contribution < -0.4 is 0 Å². The Morgan fingerprint density at radius 3 is 2.92 bits per heavy atom. The molecule has 0 bridgehead atoms. The Kier molecular flexibility index (Phi) is 2.98. The first-order valence-electron chi connectivity index (χ1n) is 3.64. The average molecular weight is 195 g/mol. The molecule has 13 heavy (non-hydrogen) atoms. The molecule has 4 nitrogen and oxygen atoms in total. The molecule has 0 radical (unpaired) electrons. The van der Waals surface area contributed by atoms with E-state index in [2.05, 4.69) is 15.5 Å². The predicted octanol–water partition coefficient (Wildman–Crippen LogP) is 0.552. The van der Waals surface area contributed by atoms with Gasteiger partial charge in [-0.05, 0) is 18.5 Å². The van der Waals surface area contributed by atoms with Crippen molar-refractivity contribution in [1.29, 1.82) is 0 Å². The number of hydrogen-bond donors (Lipinski definition) is 0. The second kappa shape index (κ2) is 4.01. The molecule has 0 aliphatic rings. The highest BCUT2D eigenvalue weighted by molar-refractivity contribution is 7.07. The van der Waals surface area contributed by atoms with Crippen molar-refractivity contribution >= 4 is 17.4 Å². The van der Waals surface area contributed by atoms with Crippen LogP contribution in [0.4, 0.5) is 0 Å². The van der Waals surface area contributed by atoms with E-state index in [1.807, 2.05) is 0 Å². The summed E-state index contributed by atoms with van der Waals surface area (Å²) in [7, 11) is 1.65. The van der Waals surface area contributed by atoms with E-state index < -0.39 is 0 Å². The normalized spacial score (nSPS) is 9.31. The van der Waals surface area contributed by atoms with Crippen LogP contribution in [-0.2, 0) is 0 Å². The number of carbonyl (C=O) groups excluding carboxylic acids is 1. The van der Waals surface area contributed by atoms with Crippen molar-refractivity contribution in [3.05, 3.63) is 10.6 Å². The van der Waals surface area contributed by atoms with E-state index in [9.17, 15) is 4.79 Å². The fraction of sp³-hybridized carbons (Fsp3) is 0.375. The Morgan fingerprint density at radius 2 is 2.46 bits per heavy atom. The smallest absolute Gasteiger partial charge is 0.268 e. The van der Waals surface area contributed by atoms with Gasteiger partial charge in [0, 0.05) is 7.05 Å². The first-order valence-corrected chi connectivity index (χ1v) is 4.42. The molecule has 5 heteroatoms. The summed E-state index contributed by atoms with van der Waals surface area (Å²) in [5, 5.41) is 3.75. The van der Waals surface area contributed by atoms with Crippen molar-refractivity contribution in [2.24, 2.45) is 0 Å². The molecule has 1 amide bonds. The van der Waals surface area contributed by atoms with Gasteiger partial charge in [-0.3, -0.25) is 4.79 Å². The number of hydrogen-bond acceptors (Lipinski definition) is 4. The Hall–Kier alpha value is -1.41. The van der Waals surface area contributed by atoms with Gasteiger partial charge >= 0.3 is 0 Å². The van der Waals surface area contributed by atoms with Crippen LogP contribution in [-0.4, -0.2) is 34.0 Å². The molecular formula is C8H9N3OS. The summed E-state index contributed by atoms with van der Waals surface area (Å²) in [6.07, 6.45) is 5.09. The van der Waals surface area contributed by atoms with Gasteiger partial charge in [-0.25, -0.2) is 0 Å². The van der Waals surface area contributed by atoms with Crippen molar-refractivity contribution in [2.45, 2.75) is 6.92 Å². The molecule has 1 aromatic heterocycles. The molecule has 1 rings (SSSR count). The van der Waals surface area contributed by atoms with Crippen LogP contribution in [0, 0.1) is 19.3 Å². The van der Waals surface area contributed by atoms with E-state index in [4.69, 9.17) is 6.42 Å². The molecule has 0 fully saturated rings. The second-order valence-corrected chi connectivity index (χ2v) is 3.31. The fourth-order valence-electron chi connectivity index (χ4n) is 0.810. The minimum atomic E-state index is -0.120. The van der Waals surface area contributed by atoms with E-state index in [0.29, 0.717) is 17.1 Å². The molecule has 0 aliphatic carbocycles. The number of aryl methyl sites for hydroxylation is 1. The zero-order valence-corrected chi connectivity index (χ0v) is 8.26. The van der Waals surface area contributed by atoms with Crippen LogP contribution in [0.1, 0.15) is 15.4 Å². The maximum atomic E-state index is 11.6. The van der Waals surface area contributed by atoms with Crippen molar-refractivity contribution in [2.75, 3.05) is 13.6 Å². The minimum absolute atomic E-state index is 0.120. The first-order chi connectivity index (χ1) is 6.16. The zero-order chi connectivity index (χ0) is 9.84. The lowest BCUT2D eigenvalue weighted by molar-refractivity contribution is 0.0816. The summed E-state index contributed by atoms with van der Waals surface area (Å²) in [5.74, 6) is 2.28. The highest BCUT2D eigenvalue weighted by atomic mass is 32.1. The van der Waals surface area contributed by atoms with Crippen molar-refractivity contribution in [3.8, 4) is 12.3 Å². The van der Waals surface area contributed by atoms with E-state index in [-0.39, 0.29) is 5.91 Å². The molecule has 0 aromatic carbocycles. The van der Waals surface area contributed by atoms with Crippen molar-refractivity contribution in [1.82, 2.24) is 14.5 Å². The SMILES string of the molecule is C#CCN(C)C(=O)c1snnc1C. The van der Waals surface area contributed by atoms with Gasteiger partial charge in [-0.2, -0.15) is 0 Å². The van der Waals surface area contributed by atoms with Gasteiger partial charge in [0.1, 0.15) is 4.88 Å². The standard InChI is InChI=1S/C8H9N3OS/c1-4-5-11(3)8(12)7-6(2)9-10-13-7/h1H,5H2,2-3H3. The summed E-state index contributed by atoms with van der Waals surface area (Å²) in [4.78, 5) is 13.6. The number of amides is 1. The van der Waals surface area contributed by atoms with Gasteiger partial charge in [0.25, 0.3) is 5.91 Å². The third-order valence-electron chi connectivity index (χ3n) is 1.52. The summed E-state index contributed by atoms with van der Waals surface area (Å²) >= 11 is 1.09. The van der Waals surface area contributed by atoms with Gasteiger partial charge < -0.3 is 4.90 Å². The molecule has 0 spiro atoms. The Morgan fingerprint density at radius 1 is 1.77 bits per heavy atom. The predicted molar refractivity (Wildman–Crippen MR) is 50.4 cm³/mol. The quantitative estimate of drug-likeness (QED) is 0.647. The number of rotatable bonds is 2. The topological polar surface area (TPSA) is 46.1 Å². The molecule has 0 N–H and O–H groups in total. The van der Waals surface area contributed by atoms with Crippen molar-refractivity contribution < 1.29 is 4.79 Å². The van der Waals surface area contributed by atoms with Crippen molar-refractivity contribution in [3.63, 3.8) is 0 Å². The van der Waals surface area contributed by atoms with Gasteiger partial charge in [-0.1, -0.05) is 10.4 Å². The molecule has 0 unspecified atom stereocenters. The summed E-state index contributed by atoms with van der Waals surface area (Å²) in [5.41, 5.74) is 0.652. The summed E-state index contributed by atoms with van der Waals surface area (Å²) < 4.78 is 3.68. The van der Waals surface area contributed by atoms with Crippen LogP contribution in [0.25, 0.3) is 0 Å². The van der Waals surface area contributed by atoms with Crippen LogP contribution >= 0.6 is 11.5 Å². The molecule has 0 saturated heterocycles. The first kappa shape index (κ1) is 9.68. The van der Waals surface area contributed by atoms with Crippen LogP contribution in [0.2, 0.25) is 0 Å². The van der Waals surface area contributed by atoms with Gasteiger partial charge in [0.2, 0.25) is 0 Å². The summed E-state index contributed by atoms with van der Waals surface area (Å²) in [6, 6.07) is 0. The van der Waals surface area contributed by atoms with Crippen LogP contribution in [0.15, 0.2) is 0 Å². The number of nitrogens with zero attached hydrogens (tertiary/aromatic N) is 3. The largest absolute Gasteiger partial charge is 0.330 e. The fourth-order valence-corrected chi connectivity index (χ4v) is 1.46. The molecule has 68 valence electrons. The number of terminal acetylenes is 1. The lowest BCUT2D eigenvalue weighted by Gasteiger charge is -2.11. The molecule has 0 saturated carbocycles. The zero-order valence-electron chi connectivity index (χ0n) is 7.44. The van der Waals surface area contributed by atoms with Gasteiger partial charge in [-0.15, -0.1) is 11.5 Å². The maximum absolute atomic E-state index is 11.6. The van der Waals surface area contributed by atoms with E-state index in [1.54, 1.807) is 14.0 Å². The molecule has 1 aromatic rings. The molecule has 1 heterocycles. The second-order valence-electron chi connectivity index (χ2n) is 2.55. The van der Waals surface area contributed by atoms with Gasteiger partial charge in [0.15, 0.2) is 0 Å². The Bertz CT molecular complexity index is 353. The molecule has 0 aliphatic heterocycles. The molecule has 0 atom stereocenters. The lowest BCUT2D eigenvalue weighted by atomic mass is 10.3. The third kappa shape index (κ3) is 2.04. The monoisotopic (exact) mass is 195 g/mol. The summed E-state index contributed by atoms with van der Waals surface area (Å²) in [6.45, 7) is 2.05. The highest BCUT2D eigenvalue weighted by Gasteiger charge is 2.16. The third-order valence-corrected chi connectivity index (χ3v) is 2.34. The lowest BCUT2D eigenvalue weighted by Crippen LogP contribution is -2.26. The van der Waals surface area contributed by atoms with Crippen LogP contribution in [0.3, 0.4) is 0 Å². The Balaban J connectivity index is 2.81. The number of aromatic nitrogens is 2.